The summed E-state index contributed by atoms with van der Waals surface area (Å²) in [6.45, 7) is 1.31. The average molecular weight is 359 g/mol. The smallest absolute Gasteiger partial charge is 0.319 e. The summed E-state index contributed by atoms with van der Waals surface area (Å²) in [4.78, 5) is 12.2. The molecule has 0 spiro atoms. The van der Waals surface area contributed by atoms with Crippen molar-refractivity contribution in [2.45, 2.75) is 31.0 Å². The summed E-state index contributed by atoms with van der Waals surface area (Å²) < 4.78 is 49.2. The van der Waals surface area contributed by atoms with Crippen LogP contribution in [0.1, 0.15) is 13.2 Å². The summed E-state index contributed by atoms with van der Waals surface area (Å²) in [6.07, 6.45) is -1.44. The Morgan fingerprint density at radius 3 is 3.08 bits per heavy atom. The number of hydrogen-bond acceptors (Lipinski definition) is 9. The Morgan fingerprint density at radius 2 is 2.33 bits per heavy atom. The van der Waals surface area contributed by atoms with E-state index in [2.05, 4.69) is 15.0 Å². The number of nitrogens with zero attached hydrogens (tertiary/aromatic N) is 4. The van der Waals surface area contributed by atoms with Gasteiger partial charge in [-0.25, -0.2) is 9.37 Å². The van der Waals surface area contributed by atoms with Crippen LogP contribution in [0.4, 0.5) is 10.3 Å². The molecular weight excluding hydrogens is 344 g/mol. The molecule has 12 heteroatoms. The molecular formula is C12H15FN5O5P. The first-order chi connectivity index (χ1) is 11.4. The Hall–Kier alpha value is -1.81. The minimum absolute atomic E-state index is 0.00839. The number of imidazole rings is 1. The molecule has 2 aromatic heterocycles. The van der Waals surface area contributed by atoms with E-state index >= 15 is 4.39 Å². The average Bonchev–Trinajstić information content (AvgIpc) is 3.05. The maximum atomic E-state index is 15.4. The van der Waals surface area contributed by atoms with Crippen LogP contribution >= 0.6 is 8.25 Å². The number of anilines is 1. The van der Waals surface area contributed by atoms with Crippen molar-refractivity contribution in [2.24, 2.45) is 0 Å². The molecule has 0 amide bonds. The first-order valence-corrected chi connectivity index (χ1v) is 8.36. The van der Waals surface area contributed by atoms with Crippen LogP contribution in [0.2, 0.25) is 0 Å². The van der Waals surface area contributed by atoms with Gasteiger partial charge in [0.2, 0.25) is 11.8 Å². The summed E-state index contributed by atoms with van der Waals surface area (Å²) in [7, 11) is -1.31. The van der Waals surface area contributed by atoms with Crippen LogP contribution < -0.4 is 10.5 Å². The SMILES string of the molecule is COc1nc(N)nc2c1ncn2[C@@H]1O[C@@H]2CO[PH](=O)O[C@H]2[C@@]1(C)F. The molecule has 1 unspecified atom stereocenters. The number of halogens is 1. The molecule has 0 saturated carbocycles. The third-order valence-electron chi connectivity index (χ3n) is 4.12. The molecule has 2 aliphatic rings. The lowest BCUT2D eigenvalue weighted by Gasteiger charge is -2.29. The highest BCUT2D eigenvalue weighted by molar-refractivity contribution is 7.33. The summed E-state index contributed by atoms with van der Waals surface area (Å²) in [5.74, 6) is 0.138. The monoisotopic (exact) mass is 359 g/mol. The highest BCUT2D eigenvalue weighted by Crippen LogP contribution is 2.50. The zero-order chi connectivity index (χ0) is 17.1. The minimum atomic E-state index is -2.73. The molecule has 4 heterocycles. The van der Waals surface area contributed by atoms with Crippen LogP contribution in [-0.2, 0) is 18.3 Å². The lowest BCUT2D eigenvalue weighted by molar-refractivity contribution is -0.0576. The fourth-order valence-corrected chi connectivity index (χ4v) is 4.00. The van der Waals surface area contributed by atoms with Crippen LogP contribution in [0.3, 0.4) is 0 Å². The number of rotatable bonds is 2. The van der Waals surface area contributed by atoms with E-state index in [1.807, 2.05) is 0 Å². The first kappa shape index (κ1) is 15.7. The second-order valence-corrected chi connectivity index (χ2v) is 6.72. The number of hydrogen-bond donors (Lipinski definition) is 1. The molecule has 2 aliphatic heterocycles. The van der Waals surface area contributed by atoms with E-state index in [9.17, 15) is 4.57 Å². The second-order valence-electron chi connectivity index (χ2n) is 5.69. The fourth-order valence-electron chi connectivity index (χ4n) is 3.04. The normalized spacial score (nSPS) is 36.0. The Bertz CT molecular complexity index is 830. The standard InChI is InChI=1S/C12H15FN5O5P/c1-12(13)7-5(3-21-24(19)23-7)22-10(12)18-4-15-6-8(18)16-11(14)17-9(6)20-2/h4-5,7,10,24H,3H2,1-2H3,(H2,14,16,17)/t5-,7-,10-,12-/m1/s1. The molecule has 0 bridgehead atoms. The molecule has 0 aliphatic carbocycles. The summed E-state index contributed by atoms with van der Waals surface area (Å²) in [5.41, 5.74) is 4.28. The van der Waals surface area contributed by atoms with Crippen LogP contribution in [0.25, 0.3) is 11.2 Å². The molecule has 0 aromatic carbocycles. The van der Waals surface area contributed by atoms with E-state index in [0.29, 0.717) is 5.52 Å². The van der Waals surface area contributed by atoms with Crippen LogP contribution in [-0.4, -0.2) is 51.1 Å². The van der Waals surface area contributed by atoms with Crippen molar-refractivity contribution in [1.82, 2.24) is 19.5 Å². The van der Waals surface area contributed by atoms with Crippen molar-refractivity contribution in [3.8, 4) is 5.88 Å². The predicted octanol–water partition coefficient (Wildman–Crippen LogP) is 0.848. The van der Waals surface area contributed by atoms with Crippen molar-refractivity contribution >= 4 is 25.4 Å². The van der Waals surface area contributed by atoms with Gasteiger partial charge in [0.05, 0.1) is 20.0 Å². The highest BCUT2D eigenvalue weighted by Gasteiger charge is 2.59. The summed E-state index contributed by atoms with van der Waals surface area (Å²) >= 11 is 0. The number of nitrogens with two attached hydrogens (primary N) is 1. The number of alkyl halides is 1. The Kier molecular flexibility index (Phi) is 3.50. The number of methoxy groups -OCH3 is 1. The maximum absolute atomic E-state index is 15.4. The lowest BCUT2D eigenvalue weighted by atomic mass is 9.98. The zero-order valence-corrected chi connectivity index (χ0v) is 13.8. The van der Waals surface area contributed by atoms with Gasteiger partial charge in [-0.2, -0.15) is 9.97 Å². The van der Waals surface area contributed by atoms with Crippen molar-refractivity contribution in [3.05, 3.63) is 6.33 Å². The van der Waals surface area contributed by atoms with Gasteiger partial charge in [0, 0.05) is 0 Å². The minimum Gasteiger partial charge on any atom is -0.479 e. The van der Waals surface area contributed by atoms with E-state index < -0.39 is 32.4 Å². The Morgan fingerprint density at radius 1 is 1.54 bits per heavy atom. The molecule has 130 valence electrons. The van der Waals surface area contributed by atoms with Gasteiger partial charge in [-0.15, -0.1) is 0 Å². The van der Waals surface area contributed by atoms with Gasteiger partial charge in [-0.05, 0) is 6.92 Å². The molecule has 2 fully saturated rings. The summed E-state index contributed by atoms with van der Waals surface area (Å²) in [6, 6.07) is 0. The molecule has 24 heavy (non-hydrogen) atoms. The van der Waals surface area contributed by atoms with Crippen LogP contribution in [0.5, 0.6) is 5.88 Å². The van der Waals surface area contributed by atoms with Crippen molar-refractivity contribution in [3.63, 3.8) is 0 Å². The van der Waals surface area contributed by atoms with Crippen molar-refractivity contribution < 1.29 is 27.5 Å². The number of nitrogen functional groups attached to an aromatic ring is 1. The Labute approximate surface area is 136 Å². The van der Waals surface area contributed by atoms with Crippen molar-refractivity contribution in [1.29, 1.82) is 0 Å². The van der Waals surface area contributed by atoms with Crippen LogP contribution in [0, 0.1) is 0 Å². The van der Waals surface area contributed by atoms with Gasteiger partial charge in [-0.1, -0.05) is 0 Å². The highest BCUT2D eigenvalue weighted by atomic mass is 31.1. The fraction of sp³-hybridized carbons (Fsp3) is 0.583. The maximum Gasteiger partial charge on any atom is 0.319 e. The van der Waals surface area contributed by atoms with Crippen molar-refractivity contribution in [2.75, 3.05) is 19.5 Å². The van der Waals surface area contributed by atoms with Gasteiger partial charge in [0.25, 0.3) is 0 Å². The zero-order valence-electron chi connectivity index (χ0n) is 12.8. The predicted molar refractivity (Wildman–Crippen MR) is 79.5 cm³/mol. The lowest BCUT2D eigenvalue weighted by Crippen LogP contribution is -2.43. The van der Waals surface area contributed by atoms with E-state index in [1.54, 1.807) is 0 Å². The molecule has 2 aromatic rings. The third-order valence-corrected chi connectivity index (χ3v) is 4.97. The second kappa shape index (κ2) is 5.35. The number of fused-ring (bicyclic) bond motifs is 2. The van der Waals surface area contributed by atoms with Crippen LogP contribution in [0.15, 0.2) is 6.33 Å². The van der Waals surface area contributed by atoms with Gasteiger partial charge in [-0.3, -0.25) is 9.13 Å². The topological polar surface area (TPSA) is 124 Å². The molecule has 4 rings (SSSR count). The molecule has 5 atom stereocenters. The van der Waals surface area contributed by atoms with Gasteiger partial charge < -0.3 is 24.3 Å². The number of ether oxygens (including phenoxy) is 2. The Balaban J connectivity index is 1.80. The summed E-state index contributed by atoms with van der Waals surface area (Å²) in [5, 5.41) is 0. The quantitative estimate of drug-likeness (QED) is 0.777. The van der Waals surface area contributed by atoms with Gasteiger partial charge >= 0.3 is 8.25 Å². The van der Waals surface area contributed by atoms with Gasteiger partial charge in [0.15, 0.2) is 23.1 Å². The first-order valence-electron chi connectivity index (χ1n) is 7.13. The molecule has 2 saturated heterocycles. The van der Waals surface area contributed by atoms with E-state index in [4.69, 9.17) is 24.3 Å². The third kappa shape index (κ3) is 2.20. The molecule has 0 radical (unpaired) electrons. The largest absolute Gasteiger partial charge is 0.479 e. The van der Waals surface area contributed by atoms with E-state index in [-0.39, 0.29) is 24.1 Å². The molecule has 2 N–H and O–H groups in total. The van der Waals surface area contributed by atoms with E-state index in [1.165, 1.54) is 24.9 Å². The van der Waals surface area contributed by atoms with Gasteiger partial charge in [0.1, 0.15) is 12.2 Å². The molecule has 10 nitrogen and oxygen atoms in total. The number of aromatic nitrogens is 4. The van der Waals surface area contributed by atoms with E-state index in [0.717, 1.165) is 0 Å².